The van der Waals surface area contributed by atoms with E-state index in [1.54, 1.807) is 0 Å². The first-order chi connectivity index (χ1) is 9.96. The van der Waals surface area contributed by atoms with E-state index in [0.717, 1.165) is 6.07 Å². The summed E-state index contributed by atoms with van der Waals surface area (Å²) in [6.07, 6.45) is 0.647. The lowest BCUT2D eigenvalue weighted by molar-refractivity contribution is -0.0547. The minimum atomic E-state index is -3.08. The highest BCUT2D eigenvalue weighted by molar-refractivity contribution is 5.40. The molecule has 2 N–H and O–H groups in total. The Hall–Kier alpha value is -1.54. The van der Waals surface area contributed by atoms with E-state index in [1.165, 1.54) is 12.1 Å². The van der Waals surface area contributed by atoms with Crippen LogP contribution in [-0.2, 0) is 6.54 Å². The van der Waals surface area contributed by atoms with Crippen LogP contribution in [-0.4, -0.2) is 31.0 Å². The topological polar surface area (TPSA) is 50.7 Å². The first-order valence-electron chi connectivity index (χ1n) is 6.33. The first kappa shape index (κ1) is 17.5. The standard InChI is InChI=1S/C13H17F4NO3/c1-2-9(7-19)18-6-8-3-4-10(20-12(14)15)5-11(8)21-13(16)17/h3-5,9,12-13,18-19H,2,6-7H2,1H3. The average Bonchev–Trinajstić information content (AvgIpc) is 2.40. The second-order valence-corrected chi connectivity index (χ2v) is 4.20. The van der Waals surface area contributed by atoms with E-state index in [-0.39, 0.29) is 30.7 Å². The summed E-state index contributed by atoms with van der Waals surface area (Å²) < 4.78 is 57.4. The van der Waals surface area contributed by atoms with Gasteiger partial charge in [0.2, 0.25) is 0 Å². The highest BCUT2D eigenvalue weighted by Crippen LogP contribution is 2.27. The smallest absolute Gasteiger partial charge is 0.387 e. The summed E-state index contributed by atoms with van der Waals surface area (Å²) in [5.41, 5.74) is 0.351. The number of halogens is 4. The molecule has 0 saturated heterocycles. The number of nitrogens with one attached hydrogen (secondary N) is 1. The zero-order valence-corrected chi connectivity index (χ0v) is 11.4. The molecule has 0 aromatic heterocycles. The van der Waals surface area contributed by atoms with E-state index < -0.39 is 13.2 Å². The van der Waals surface area contributed by atoms with E-state index >= 15 is 0 Å². The van der Waals surface area contributed by atoms with Crippen molar-refractivity contribution in [2.45, 2.75) is 39.2 Å². The first-order valence-corrected chi connectivity index (χ1v) is 6.33. The van der Waals surface area contributed by atoms with Crippen molar-refractivity contribution in [3.8, 4) is 11.5 Å². The van der Waals surface area contributed by atoms with Gasteiger partial charge in [-0.05, 0) is 12.5 Å². The molecule has 1 unspecified atom stereocenters. The SMILES string of the molecule is CCC(CO)NCc1ccc(OC(F)F)cc1OC(F)F. The van der Waals surface area contributed by atoms with Crippen molar-refractivity contribution in [3.63, 3.8) is 0 Å². The van der Waals surface area contributed by atoms with E-state index in [2.05, 4.69) is 14.8 Å². The van der Waals surface area contributed by atoms with Crippen molar-refractivity contribution in [2.24, 2.45) is 0 Å². The summed E-state index contributed by atoms with van der Waals surface area (Å²) >= 11 is 0. The van der Waals surface area contributed by atoms with Gasteiger partial charge in [-0.15, -0.1) is 0 Å². The van der Waals surface area contributed by atoms with Crippen LogP contribution in [0.25, 0.3) is 0 Å². The molecule has 0 aliphatic carbocycles. The molecule has 4 nitrogen and oxygen atoms in total. The summed E-state index contributed by atoms with van der Waals surface area (Å²) in [5, 5.41) is 12.0. The van der Waals surface area contributed by atoms with Crippen molar-refractivity contribution in [1.29, 1.82) is 0 Å². The summed E-state index contributed by atoms with van der Waals surface area (Å²) in [6, 6.07) is 3.38. The Morgan fingerprint density at radius 3 is 2.33 bits per heavy atom. The number of hydrogen-bond acceptors (Lipinski definition) is 4. The molecule has 1 aromatic carbocycles. The highest BCUT2D eigenvalue weighted by atomic mass is 19.3. The van der Waals surface area contributed by atoms with Gasteiger partial charge in [0.1, 0.15) is 11.5 Å². The number of aliphatic hydroxyl groups excluding tert-OH is 1. The van der Waals surface area contributed by atoms with Crippen LogP contribution in [0.2, 0.25) is 0 Å². The molecule has 1 rings (SSSR count). The van der Waals surface area contributed by atoms with Gasteiger partial charge in [-0.3, -0.25) is 0 Å². The Bertz CT molecular complexity index is 428. The lowest BCUT2D eigenvalue weighted by Crippen LogP contribution is -2.31. The minimum absolute atomic E-state index is 0.103. The fourth-order valence-corrected chi connectivity index (χ4v) is 1.66. The molecule has 120 valence electrons. The molecule has 0 aliphatic rings. The molecule has 0 aliphatic heterocycles. The van der Waals surface area contributed by atoms with E-state index in [4.69, 9.17) is 5.11 Å². The summed E-state index contributed by atoms with van der Waals surface area (Å²) in [4.78, 5) is 0. The maximum atomic E-state index is 12.4. The number of benzene rings is 1. The summed E-state index contributed by atoms with van der Waals surface area (Å²) in [7, 11) is 0. The average molecular weight is 311 g/mol. The third-order valence-electron chi connectivity index (χ3n) is 2.77. The van der Waals surface area contributed by atoms with Crippen LogP contribution in [0.15, 0.2) is 18.2 Å². The van der Waals surface area contributed by atoms with Crippen LogP contribution in [0.1, 0.15) is 18.9 Å². The fourth-order valence-electron chi connectivity index (χ4n) is 1.66. The number of ether oxygens (including phenoxy) is 2. The molecule has 8 heteroatoms. The van der Waals surface area contributed by atoms with Gasteiger partial charge in [0.15, 0.2) is 0 Å². The molecule has 1 aromatic rings. The minimum Gasteiger partial charge on any atom is -0.435 e. The molecule has 21 heavy (non-hydrogen) atoms. The Morgan fingerprint density at radius 1 is 1.14 bits per heavy atom. The molecule has 0 fully saturated rings. The van der Waals surface area contributed by atoms with Gasteiger partial charge < -0.3 is 19.9 Å². The maximum Gasteiger partial charge on any atom is 0.387 e. The largest absolute Gasteiger partial charge is 0.435 e. The predicted molar refractivity (Wildman–Crippen MR) is 67.7 cm³/mol. The van der Waals surface area contributed by atoms with Crippen LogP contribution in [0.5, 0.6) is 11.5 Å². The molecule has 0 bridgehead atoms. The van der Waals surface area contributed by atoms with Gasteiger partial charge in [-0.1, -0.05) is 13.0 Å². The lowest BCUT2D eigenvalue weighted by Gasteiger charge is -2.17. The van der Waals surface area contributed by atoms with Crippen molar-refractivity contribution >= 4 is 0 Å². The molecule has 0 saturated carbocycles. The van der Waals surface area contributed by atoms with Gasteiger partial charge in [0, 0.05) is 24.2 Å². The van der Waals surface area contributed by atoms with Gasteiger partial charge in [-0.25, -0.2) is 0 Å². The van der Waals surface area contributed by atoms with Crippen molar-refractivity contribution < 1.29 is 32.1 Å². The van der Waals surface area contributed by atoms with Crippen LogP contribution in [0, 0.1) is 0 Å². The normalized spacial score (nSPS) is 12.8. The number of rotatable bonds is 9. The van der Waals surface area contributed by atoms with Crippen molar-refractivity contribution in [1.82, 2.24) is 5.32 Å². The van der Waals surface area contributed by atoms with Crippen LogP contribution >= 0.6 is 0 Å². The number of aliphatic hydroxyl groups is 1. The third-order valence-corrected chi connectivity index (χ3v) is 2.77. The molecule has 0 heterocycles. The second-order valence-electron chi connectivity index (χ2n) is 4.20. The molecular weight excluding hydrogens is 294 g/mol. The molecular formula is C13H17F4NO3. The zero-order valence-electron chi connectivity index (χ0n) is 11.4. The lowest BCUT2D eigenvalue weighted by atomic mass is 10.1. The number of hydrogen-bond donors (Lipinski definition) is 2. The van der Waals surface area contributed by atoms with Gasteiger partial charge in [0.05, 0.1) is 6.61 Å². The van der Waals surface area contributed by atoms with E-state index in [0.29, 0.717) is 12.0 Å². The Morgan fingerprint density at radius 2 is 1.81 bits per heavy atom. The van der Waals surface area contributed by atoms with E-state index in [1.807, 2.05) is 6.92 Å². The van der Waals surface area contributed by atoms with Crippen molar-refractivity contribution in [3.05, 3.63) is 23.8 Å². The summed E-state index contributed by atoms with van der Waals surface area (Å²) in [5.74, 6) is -0.512. The highest BCUT2D eigenvalue weighted by Gasteiger charge is 2.14. The zero-order chi connectivity index (χ0) is 15.8. The van der Waals surface area contributed by atoms with Crippen LogP contribution in [0.4, 0.5) is 17.6 Å². The van der Waals surface area contributed by atoms with E-state index in [9.17, 15) is 17.6 Å². The Balaban J connectivity index is 2.85. The third kappa shape index (κ3) is 6.17. The van der Waals surface area contributed by atoms with Gasteiger partial charge >= 0.3 is 13.2 Å². The van der Waals surface area contributed by atoms with Crippen LogP contribution in [0.3, 0.4) is 0 Å². The Kier molecular flexibility index (Phi) is 7.24. The predicted octanol–water partition coefficient (Wildman–Crippen LogP) is 2.75. The molecule has 1 atom stereocenters. The monoisotopic (exact) mass is 311 g/mol. The molecule has 0 spiro atoms. The van der Waals surface area contributed by atoms with Crippen molar-refractivity contribution in [2.75, 3.05) is 6.61 Å². The summed E-state index contributed by atoms with van der Waals surface area (Å²) in [6.45, 7) is -4.23. The maximum absolute atomic E-state index is 12.4. The fraction of sp³-hybridized carbons (Fsp3) is 0.538. The quantitative estimate of drug-likeness (QED) is 0.689. The van der Waals surface area contributed by atoms with Crippen LogP contribution < -0.4 is 14.8 Å². The molecule has 0 radical (unpaired) electrons. The van der Waals surface area contributed by atoms with Gasteiger partial charge in [0.25, 0.3) is 0 Å². The second kappa shape index (κ2) is 8.68. The Labute approximate surface area is 119 Å². The molecule has 0 amide bonds. The number of alkyl halides is 4. The van der Waals surface area contributed by atoms with Gasteiger partial charge in [-0.2, -0.15) is 17.6 Å².